The van der Waals surface area contributed by atoms with E-state index in [2.05, 4.69) is 20.7 Å². The smallest absolute Gasteiger partial charge is 0.269 e. The summed E-state index contributed by atoms with van der Waals surface area (Å²) < 4.78 is 27.6. The largest absolute Gasteiger partial charge is 0.474 e. The maximum atomic E-state index is 14.8. The number of para-hydroxylation sites is 1. The van der Waals surface area contributed by atoms with E-state index in [-0.39, 0.29) is 17.4 Å². The van der Waals surface area contributed by atoms with Gasteiger partial charge in [-0.3, -0.25) is 9.59 Å². The van der Waals surface area contributed by atoms with Gasteiger partial charge in [-0.25, -0.2) is 14.1 Å². The number of fused-ring (bicyclic) bond motifs is 2. The molecule has 0 radical (unpaired) electrons. The van der Waals surface area contributed by atoms with Gasteiger partial charge in [-0.1, -0.05) is 42.5 Å². The van der Waals surface area contributed by atoms with Gasteiger partial charge in [-0.2, -0.15) is 5.10 Å². The highest BCUT2D eigenvalue weighted by Gasteiger charge is 2.34. The van der Waals surface area contributed by atoms with Crippen LogP contribution in [0.3, 0.4) is 0 Å². The second-order valence-electron chi connectivity index (χ2n) is 8.85. The number of furan rings is 1. The summed E-state index contributed by atoms with van der Waals surface area (Å²) in [5.41, 5.74) is 2.59. The second kappa shape index (κ2) is 9.05. The number of ether oxygens (including phenoxy) is 1. The summed E-state index contributed by atoms with van der Waals surface area (Å²) in [6.07, 6.45) is 2.25. The molecule has 4 heterocycles. The standard InChI is InChI=1S/C27H22FN5O4/c1-15-10-12-33-27(37-15)20(22(32-33)17-11-13-36-14-17)25(34)31-24-26(35)30-23-18(8-5-9-19(23)28)21(29-24)16-6-3-2-4-7-16/h2-9,11,13-15,24H,10,12H2,1H3,(H,30,35)(H,31,34)/t15?,24-/m1/s1. The molecular formula is C27H22FN5O4. The molecule has 2 atom stereocenters. The van der Waals surface area contributed by atoms with E-state index in [1.165, 1.54) is 18.6 Å². The minimum atomic E-state index is -1.34. The van der Waals surface area contributed by atoms with Crippen LogP contribution in [0.25, 0.3) is 11.3 Å². The number of benzene rings is 2. The highest BCUT2D eigenvalue weighted by atomic mass is 19.1. The molecule has 9 nitrogen and oxygen atoms in total. The van der Waals surface area contributed by atoms with E-state index in [1.54, 1.807) is 22.9 Å². The van der Waals surface area contributed by atoms with Crippen molar-refractivity contribution in [3.63, 3.8) is 0 Å². The maximum absolute atomic E-state index is 14.8. The Kier molecular flexibility index (Phi) is 5.56. The number of hydrogen-bond donors (Lipinski definition) is 2. The molecule has 2 aliphatic heterocycles. The van der Waals surface area contributed by atoms with Crippen molar-refractivity contribution < 1.29 is 23.1 Å². The SMILES string of the molecule is CC1CCn2nc(-c3ccoc3)c(C(=O)N[C@H]3N=C(c4ccccc4)c4cccc(F)c4NC3=O)c2O1. The topological polar surface area (TPSA) is 111 Å². The van der Waals surface area contributed by atoms with E-state index in [1.807, 2.05) is 37.3 Å². The summed E-state index contributed by atoms with van der Waals surface area (Å²) in [5, 5.41) is 9.87. The van der Waals surface area contributed by atoms with Crippen LogP contribution in [0, 0.1) is 5.82 Å². The van der Waals surface area contributed by atoms with Crippen molar-refractivity contribution >= 4 is 23.2 Å². The van der Waals surface area contributed by atoms with Crippen molar-refractivity contribution in [1.29, 1.82) is 0 Å². The summed E-state index contributed by atoms with van der Waals surface area (Å²) in [7, 11) is 0. The fourth-order valence-electron chi connectivity index (χ4n) is 4.49. The van der Waals surface area contributed by atoms with Gasteiger partial charge < -0.3 is 19.8 Å². The van der Waals surface area contributed by atoms with E-state index >= 15 is 0 Å². The Morgan fingerprint density at radius 2 is 1.97 bits per heavy atom. The maximum Gasteiger partial charge on any atom is 0.269 e. The number of halogens is 1. The molecule has 2 aromatic heterocycles. The first-order valence-corrected chi connectivity index (χ1v) is 11.8. The zero-order chi connectivity index (χ0) is 25.5. The number of nitrogens with zero attached hydrogens (tertiary/aromatic N) is 3. The van der Waals surface area contributed by atoms with Crippen molar-refractivity contribution in [3.8, 4) is 17.1 Å². The fourth-order valence-corrected chi connectivity index (χ4v) is 4.49. The third-order valence-electron chi connectivity index (χ3n) is 6.33. The molecule has 0 saturated carbocycles. The van der Waals surface area contributed by atoms with Crippen molar-refractivity contribution in [3.05, 3.63) is 89.6 Å². The third kappa shape index (κ3) is 4.06. The molecule has 37 heavy (non-hydrogen) atoms. The van der Waals surface area contributed by atoms with Gasteiger partial charge in [0, 0.05) is 29.7 Å². The van der Waals surface area contributed by atoms with Crippen LogP contribution < -0.4 is 15.4 Å². The molecule has 2 amide bonds. The van der Waals surface area contributed by atoms with Crippen LogP contribution in [-0.2, 0) is 11.3 Å². The number of aryl methyl sites for hydroxylation is 1. The predicted molar refractivity (Wildman–Crippen MR) is 133 cm³/mol. The number of aromatic nitrogens is 2. The van der Waals surface area contributed by atoms with Crippen LogP contribution in [0.5, 0.6) is 5.88 Å². The minimum absolute atomic E-state index is 0.00556. The molecule has 0 bridgehead atoms. The normalized spacial score (nSPS) is 18.5. The van der Waals surface area contributed by atoms with Gasteiger partial charge >= 0.3 is 0 Å². The number of amides is 2. The Balaban J connectivity index is 1.42. The van der Waals surface area contributed by atoms with Gasteiger partial charge in [0.25, 0.3) is 11.8 Å². The summed E-state index contributed by atoms with van der Waals surface area (Å²) in [5.74, 6) is -1.57. The van der Waals surface area contributed by atoms with Gasteiger partial charge in [0.05, 0.1) is 30.0 Å². The van der Waals surface area contributed by atoms with Crippen molar-refractivity contribution in [2.45, 2.75) is 32.2 Å². The van der Waals surface area contributed by atoms with Crippen LogP contribution in [0.1, 0.15) is 34.8 Å². The zero-order valence-electron chi connectivity index (χ0n) is 19.8. The lowest BCUT2D eigenvalue weighted by Crippen LogP contribution is -2.42. The predicted octanol–water partition coefficient (Wildman–Crippen LogP) is 4.00. The van der Waals surface area contributed by atoms with Gasteiger partial charge in [0.15, 0.2) is 0 Å². The van der Waals surface area contributed by atoms with Gasteiger partial charge in [-0.15, -0.1) is 0 Å². The molecular weight excluding hydrogens is 477 g/mol. The van der Waals surface area contributed by atoms with Gasteiger partial charge in [-0.05, 0) is 19.1 Å². The Bertz CT molecular complexity index is 1530. The molecule has 0 fully saturated rings. The highest BCUT2D eigenvalue weighted by Crippen LogP contribution is 2.34. The molecule has 0 spiro atoms. The summed E-state index contributed by atoms with van der Waals surface area (Å²) in [6, 6.07) is 15.3. The summed E-state index contributed by atoms with van der Waals surface area (Å²) in [6.45, 7) is 2.49. The van der Waals surface area contributed by atoms with Gasteiger partial charge in [0.2, 0.25) is 12.0 Å². The second-order valence-corrected chi connectivity index (χ2v) is 8.85. The van der Waals surface area contributed by atoms with Crippen LogP contribution in [0.2, 0.25) is 0 Å². The number of carbonyl (C=O) groups excluding carboxylic acids is 2. The van der Waals surface area contributed by atoms with Crippen LogP contribution in [0.15, 0.2) is 76.5 Å². The van der Waals surface area contributed by atoms with Crippen molar-refractivity contribution in [2.75, 3.05) is 5.32 Å². The van der Waals surface area contributed by atoms with E-state index in [9.17, 15) is 14.0 Å². The number of anilines is 1. The Morgan fingerprint density at radius 1 is 1.14 bits per heavy atom. The number of rotatable bonds is 4. The number of hydrogen-bond acceptors (Lipinski definition) is 6. The molecule has 186 valence electrons. The van der Waals surface area contributed by atoms with Crippen molar-refractivity contribution in [2.24, 2.45) is 4.99 Å². The number of aliphatic imine (C=N–C) groups is 1. The molecule has 2 aromatic carbocycles. The van der Waals surface area contributed by atoms with Gasteiger partial charge in [0.1, 0.15) is 17.1 Å². The first-order chi connectivity index (χ1) is 18.0. The monoisotopic (exact) mass is 499 g/mol. The van der Waals surface area contributed by atoms with E-state index in [0.717, 1.165) is 6.42 Å². The molecule has 0 aliphatic carbocycles. The van der Waals surface area contributed by atoms with E-state index in [4.69, 9.17) is 9.15 Å². The molecule has 10 heteroatoms. The Hall–Kier alpha value is -4.73. The first-order valence-electron chi connectivity index (χ1n) is 11.8. The minimum Gasteiger partial charge on any atom is -0.474 e. The lowest BCUT2D eigenvalue weighted by molar-refractivity contribution is -0.117. The molecule has 4 aromatic rings. The first kappa shape index (κ1) is 22.7. The summed E-state index contributed by atoms with van der Waals surface area (Å²) in [4.78, 5) is 31.5. The lowest BCUT2D eigenvalue weighted by Gasteiger charge is -2.22. The number of carbonyl (C=O) groups is 2. The molecule has 2 aliphatic rings. The fraction of sp³-hybridized carbons (Fsp3) is 0.185. The zero-order valence-corrected chi connectivity index (χ0v) is 19.8. The van der Waals surface area contributed by atoms with Crippen LogP contribution in [0.4, 0.5) is 10.1 Å². The van der Waals surface area contributed by atoms with Crippen LogP contribution >= 0.6 is 0 Å². The number of nitrogens with one attached hydrogen (secondary N) is 2. The van der Waals surface area contributed by atoms with E-state index in [0.29, 0.717) is 40.5 Å². The lowest BCUT2D eigenvalue weighted by atomic mass is 10.0. The molecule has 6 rings (SSSR count). The highest BCUT2D eigenvalue weighted by molar-refractivity contribution is 6.20. The van der Waals surface area contributed by atoms with Crippen LogP contribution in [-0.4, -0.2) is 39.6 Å². The number of benzodiazepines with no additional fused rings is 1. The quantitative estimate of drug-likeness (QED) is 0.441. The van der Waals surface area contributed by atoms with Crippen molar-refractivity contribution in [1.82, 2.24) is 15.1 Å². The van der Waals surface area contributed by atoms with E-state index < -0.39 is 23.8 Å². The molecule has 0 saturated heterocycles. The Labute approximate surface area is 211 Å². The average molecular weight is 500 g/mol. The summed E-state index contributed by atoms with van der Waals surface area (Å²) >= 11 is 0. The third-order valence-corrected chi connectivity index (χ3v) is 6.33. The molecule has 1 unspecified atom stereocenters. The Morgan fingerprint density at radius 3 is 2.76 bits per heavy atom. The molecule has 2 N–H and O–H groups in total. The average Bonchev–Trinajstić information content (AvgIpc) is 3.53.